The molecule has 0 spiro atoms. The van der Waals surface area contributed by atoms with Crippen molar-refractivity contribution in [3.8, 4) is 11.1 Å². The van der Waals surface area contributed by atoms with Crippen molar-refractivity contribution >= 4 is 50.4 Å². The van der Waals surface area contributed by atoms with Crippen LogP contribution in [0.3, 0.4) is 0 Å². The molecular formula is C18H12N2OS3. The van der Waals surface area contributed by atoms with Crippen LogP contribution in [0.4, 0.5) is 0 Å². The molecule has 0 aliphatic rings. The van der Waals surface area contributed by atoms with Crippen LogP contribution in [0.25, 0.3) is 21.3 Å². The van der Waals surface area contributed by atoms with Gasteiger partial charge in [0.2, 0.25) is 0 Å². The summed E-state index contributed by atoms with van der Waals surface area (Å²) in [5, 5.41) is 5.94. The second kappa shape index (κ2) is 6.84. The van der Waals surface area contributed by atoms with Crippen LogP contribution in [-0.2, 0) is 0 Å². The fourth-order valence-corrected chi connectivity index (χ4v) is 5.06. The van der Waals surface area contributed by atoms with Gasteiger partial charge in [0.05, 0.1) is 16.0 Å². The smallest absolute Gasteiger partial charge is 0.183 e. The lowest BCUT2D eigenvalue weighted by atomic mass is 10.1. The Morgan fingerprint density at radius 3 is 2.71 bits per heavy atom. The van der Waals surface area contributed by atoms with Crippen LogP contribution in [0.15, 0.2) is 64.6 Å². The molecule has 6 heteroatoms. The first kappa shape index (κ1) is 15.5. The minimum atomic E-state index is 0.137. The molecular weight excluding hydrogens is 356 g/mol. The molecule has 3 aromatic heterocycles. The topological polar surface area (TPSA) is 42.9 Å². The zero-order chi connectivity index (χ0) is 16.4. The molecule has 0 radical (unpaired) electrons. The number of thiophene rings is 2. The van der Waals surface area contributed by atoms with Crippen molar-refractivity contribution in [1.29, 1.82) is 0 Å². The lowest BCUT2D eigenvalue weighted by Gasteiger charge is -2.04. The van der Waals surface area contributed by atoms with E-state index in [0.717, 1.165) is 31.2 Å². The molecule has 3 nitrogen and oxygen atoms in total. The lowest BCUT2D eigenvalue weighted by Crippen LogP contribution is -2.00. The van der Waals surface area contributed by atoms with Gasteiger partial charge in [-0.3, -0.25) is 4.79 Å². The van der Waals surface area contributed by atoms with Crippen molar-refractivity contribution in [3.63, 3.8) is 0 Å². The van der Waals surface area contributed by atoms with Gasteiger partial charge >= 0.3 is 0 Å². The van der Waals surface area contributed by atoms with Crippen molar-refractivity contribution in [2.45, 2.75) is 5.03 Å². The highest BCUT2D eigenvalue weighted by molar-refractivity contribution is 8.00. The second-order valence-electron chi connectivity index (χ2n) is 5.06. The maximum absolute atomic E-state index is 12.3. The highest BCUT2D eigenvalue weighted by Crippen LogP contribution is 2.37. The van der Waals surface area contributed by atoms with Gasteiger partial charge in [0.25, 0.3) is 0 Å². The number of hydrogen-bond donors (Lipinski definition) is 0. The van der Waals surface area contributed by atoms with Crippen molar-refractivity contribution in [3.05, 3.63) is 64.4 Å². The molecule has 0 bridgehead atoms. The van der Waals surface area contributed by atoms with E-state index in [-0.39, 0.29) is 5.78 Å². The number of aromatic nitrogens is 2. The number of carbonyl (C=O) groups is 1. The van der Waals surface area contributed by atoms with E-state index in [2.05, 4.69) is 27.5 Å². The Balaban J connectivity index is 1.68. The molecule has 0 saturated carbocycles. The van der Waals surface area contributed by atoms with E-state index in [1.54, 1.807) is 17.7 Å². The summed E-state index contributed by atoms with van der Waals surface area (Å²) in [5.74, 6) is 0.523. The third-order valence-corrected chi connectivity index (χ3v) is 6.34. The summed E-state index contributed by atoms with van der Waals surface area (Å²) in [6.45, 7) is 0. The monoisotopic (exact) mass is 368 g/mol. The number of thioether (sulfide) groups is 1. The van der Waals surface area contributed by atoms with Gasteiger partial charge in [-0.15, -0.1) is 22.7 Å². The average Bonchev–Trinajstić information content (AvgIpc) is 3.30. The van der Waals surface area contributed by atoms with Crippen LogP contribution in [0.2, 0.25) is 0 Å². The highest BCUT2D eigenvalue weighted by Gasteiger charge is 2.15. The van der Waals surface area contributed by atoms with Crippen LogP contribution >= 0.6 is 34.4 Å². The quantitative estimate of drug-likeness (QED) is 0.269. The van der Waals surface area contributed by atoms with E-state index in [1.807, 2.05) is 35.7 Å². The molecule has 0 atom stereocenters. The Morgan fingerprint density at radius 2 is 1.92 bits per heavy atom. The van der Waals surface area contributed by atoms with Gasteiger partial charge in [0.15, 0.2) is 5.78 Å². The Morgan fingerprint density at radius 1 is 1.04 bits per heavy atom. The molecule has 0 saturated heterocycles. The lowest BCUT2D eigenvalue weighted by molar-refractivity contribution is 0.102. The van der Waals surface area contributed by atoms with Crippen molar-refractivity contribution < 1.29 is 4.79 Å². The number of rotatable bonds is 5. The number of hydrogen-bond acceptors (Lipinski definition) is 6. The van der Waals surface area contributed by atoms with Gasteiger partial charge in [-0.2, -0.15) is 0 Å². The molecule has 3 heterocycles. The van der Waals surface area contributed by atoms with Gasteiger partial charge < -0.3 is 0 Å². The standard InChI is InChI=1S/C18H12N2OS3/c21-14(15-7-4-8-22-15)10-24-18-16-13(12-5-2-1-3-6-12)9-23-17(16)19-11-20-18/h1-9,11H,10H2. The van der Waals surface area contributed by atoms with Crippen LogP contribution < -0.4 is 0 Å². The summed E-state index contributed by atoms with van der Waals surface area (Å²) in [7, 11) is 0. The molecule has 0 aliphatic carbocycles. The Kier molecular flexibility index (Phi) is 4.42. The third-order valence-electron chi connectivity index (χ3n) is 3.56. The number of benzene rings is 1. The maximum atomic E-state index is 12.3. The first-order chi connectivity index (χ1) is 11.8. The molecule has 1 aromatic carbocycles. The predicted molar refractivity (Wildman–Crippen MR) is 102 cm³/mol. The van der Waals surface area contributed by atoms with Crippen LogP contribution in [0.5, 0.6) is 0 Å². The Labute approximate surface area is 151 Å². The van der Waals surface area contributed by atoms with Crippen LogP contribution in [0, 0.1) is 0 Å². The molecule has 24 heavy (non-hydrogen) atoms. The minimum Gasteiger partial charge on any atom is -0.292 e. The zero-order valence-corrected chi connectivity index (χ0v) is 15.0. The summed E-state index contributed by atoms with van der Waals surface area (Å²) >= 11 is 4.57. The summed E-state index contributed by atoms with van der Waals surface area (Å²) in [6.07, 6.45) is 1.57. The SMILES string of the molecule is O=C(CSc1ncnc2scc(-c3ccccc3)c12)c1cccs1. The minimum absolute atomic E-state index is 0.137. The number of Topliss-reactive ketones (excluding diaryl/α,β-unsaturated/α-hetero) is 1. The molecule has 0 fully saturated rings. The van der Waals surface area contributed by atoms with Crippen molar-refractivity contribution in [2.24, 2.45) is 0 Å². The fourth-order valence-electron chi connectivity index (χ4n) is 2.43. The van der Waals surface area contributed by atoms with E-state index >= 15 is 0 Å². The normalized spacial score (nSPS) is 11.0. The average molecular weight is 369 g/mol. The zero-order valence-electron chi connectivity index (χ0n) is 12.5. The number of carbonyl (C=O) groups excluding carboxylic acids is 1. The largest absolute Gasteiger partial charge is 0.292 e. The van der Waals surface area contributed by atoms with E-state index in [9.17, 15) is 4.79 Å². The fraction of sp³-hybridized carbons (Fsp3) is 0.0556. The molecule has 0 amide bonds. The number of ketones is 1. The summed E-state index contributed by atoms with van der Waals surface area (Å²) in [4.78, 5) is 22.8. The third kappa shape index (κ3) is 3.00. The Bertz CT molecular complexity index is 978. The maximum Gasteiger partial charge on any atom is 0.183 e. The van der Waals surface area contributed by atoms with E-state index in [1.165, 1.54) is 23.1 Å². The van der Waals surface area contributed by atoms with Crippen molar-refractivity contribution in [1.82, 2.24) is 9.97 Å². The summed E-state index contributed by atoms with van der Waals surface area (Å²) in [5.41, 5.74) is 2.27. The molecule has 0 aliphatic heterocycles. The first-order valence-electron chi connectivity index (χ1n) is 7.30. The van der Waals surface area contributed by atoms with Gasteiger partial charge in [0, 0.05) is 10.9 Å². The molecule has 118 valence electrons. The molecule has 0 unspecified atom stereocenters. The van der Waals surface area contributed by atoms with Gasteiger partial charge in [-0.25, -0.2) is 9.97 Å². The van der Waals surface area contributed by atoms with Crippen LogP contribution in [-0.4, -0.2) is 21.5 Å². The first-order valence-corrected chi connectivity index (χ1v) is 10.0. The van der Waals surface area contributed by atoms with Gasteiger partial charge in [0.1, 0.15) is 16.2 Å². The van der Waals surface area contributed by atoms with Crippen molar-refractivity contribution in [2.75, 3.05) is 5.75 Å². The predicted octanol–water partition coefficient (Wildman–Crippen LogP) is 5.39. The Hall–Kier alpha value is -2.02. The molecule has 0 N–H and O–H groups in total. The second-order valence-corrected chi connectivity index (χ2v) is 7.83. The van der Waals surface area contributed by atoms with E-state index in [4.69, 9.17) is 0 Å². The summed E-state index contributed by atoms with van der Waals surface area (Å²) in [6, 6.07) is 14.0. The van der Waals surface area contributed by atoms with Gasteiger partial charge in [-0.05, 0) is 17.0 Å². The van der Waals surface area contributed by atoms with Gasteiger partial charge in [-0.1, -0.05) is 48.2 Å². The van der Waals surface area contributed by atoms with E-state index < -0.39 is 0 Å². The van der Waals surface area contributed by atoms with Crippen LogP contribution in [0.1, 0.15) is 9.67 Å². The summed E-state index contributed by atoms with van der Waals surface area (Å²) < 4.78 is 0. The molecule has 4 aromatic rings. The number of nitrogens with zero attached hydrogens (tertiary/aromatic N) is 2. The number of fused-ring (bicyclic) bond motifs is 1. The molecule has 4 rings (SSSR count). The highest BCUT2D eigenvalue weighted by atomic mass is 32.2. The van der Waals surface area contributed by atoms with E-state index in [0.29, 0.717) is 5.75 Å².